The van der Waals surface area contributed by atoms with E-state index < -0.39 is 0 Å². The Kier molecular flexibility index (Phi) is 6.01. The first-order valence-corrected chi connectivity index (χ1v) is 10.3. The lowest BCUT2D eigenvalue weighted by molar-refractivity contribution is 0.282. The summed E-state index contributed by atoms with van der Waals surface area (Å²) >= 11 is 5.71. The SMILES string of the molecule is OCc1ccc2c(CC(=S)CCC3CC(c4ccccc4)=CCN3)c[nH]c2c1. The molecule has 144 valence electrons. The van der Waals surface area contributed by atoms with Crippen molar-refractivity contribution in [3.05, 3.63) is 77.5 Å². The van der Waals surface area contributed by atoms with E-state index in [0.717, 1.165) is 48.2 Å². The van der Waals surface area contributed by atoms with E-state index in [0.29, 0.717) is 6.04 Å². The molecule has 0 saturated carbocycles. The maximum atomic E-state index is 9.29. The Morgan fingerprint density at radius 2 is 2.00 bits per heavy atom. The fourth-order valence-electron chi connectivity index (χ4n) is 3.98. The molecule has 0 radical (unpaired) electrons. The fraction of sp³-hybridized carbons (Fsp3) is 0.292. The van der Waals surface area contributed by atoms with E-state index in [1.54, 1.807) is 0 Å². The lowest BCUT2D eigenvalue weighted by Crippen LogP contribution is -2.33. The number of H-pyrrole nitrogens is 1. The van der Waals surface area contributed by atoms with Crippen molar-refractivity contribution >= 4 is 33.6 Å². The Hall–Kier alpha value is -2.27. The first kappa shape index (κ1) is 19.1. The number of aliphatic hydroxyl groups excluding tert-OH is 1. The molecule has 0 amide bonds. The minimum Gasteiger partial charge on any atom is -0.392 e. The number of aromatic amines is 1. The smallest absolute Gasteiger partial charge is 0.0682 e. The van der Waals surface area contributed by atoms with Crippen LogP contribution in [0.15, 0.2) is 60.8 Å². The van der Waals surface area contributed by atoms with E-state index in [4.69, 9.17) is 12.2 Å². The van der Waals surface area contributed by atoms with Gasteiger partial charge in [0.1, 0.15) is 0 Å². The topological polar surface area (TPSA) is 48.0 Å². The molecule has 1 unspecified atom stereocenters. The lowest BCUT2D eigenvalue weighted by atomic mass is 9.92. The van der Waals surface area contributed by atoms with Gasteiger partial charge in [0.25, 0.3) is 0 Å². The van der Waals surface area contributed by atoms with Crippen LogP contribution in [0.4, 0.5) is 0 Å². The van der Waals surface area contributed by atoms with Crippen LogP contribution in [-0.4, -0.2) is 27.5 Å². The molecule has 3 nitrogen and oxygen atoms in total. The molecular formula is C24H26N2OS. The average molecular weight is 391 g/mol. The molecule has 0 spiro atoms. The van der Waals surface area contributed by atoms with Gasteiger partial charge in [-0.25, -0.2) is 0 Å². The van der Waals surface area contributed by atoms with Crippen LogP contribution >= 0.6 is 12.2 Å². The van der Waals surface area contributed by atoms with Crippen molar-refractivity contribution < 1.29 is 5.11 Å². The number of fused-ring (bicyclic) bond motifs is 1. The van der Waals surface area contributed by atoms with Gasteiger partial charge >= 0.3 is 0 Å². The highest BCUT2D eigenvalue weighted by Crippen LogP contribution is 2.25. The number of hydrogen-bond donors (Lipinski definition) is 3. The molecule has 2 heterocycles. The third-order valence-corrected chi connectivity index (χ3v) is 5.89. The van der Waals surface area contributed by atoms with Crippen molar-refractivity contribution in [3.63, 3.8) is 0 Å². The Balaban J connectivity index is 1.33. The number of hydrogen-bond acceptors (Lipinski definition) is 3. The summed E-state index contributed by atoms with van der Waals surface area (Å²) < 4.78 is 0. The van der Waals surface area contributed by atoms with Crippen molar-refractivity contribution in [2.24, 2.45) is 0 Å². The van der Waals surface area contributed by atoms with Crippen LogP contribution in [0.2, 0.25) is 0 Å². The third kappa shape index (κ3) is 4.41. The zero-order valence-corrected chi connectivity index (χ0v) is 16.8. The normalized spacial score (nSPS) is 16.9. The summed E-state index contributed by atoms with van der Waals surface area (Å²) in [7, 11) is 0. The first-order chi connectivity index (χ1) is 13.7. The molecule has 0 fully saturated rings. The van der Waals surface area contributed by atoms with Crippen LogP contribution < -0.4 is 5.32 Å². The summed E-state index contributed by atoms with van der Waals surface area (Å²) in [4.78, 5) is 4.41. The van der Waals surface area contributed by atoms with Crippen LogP contribution in [0.5, 0.6) is 0 Å². The molecule has 1 atom stereocenters. The second kappa shape index (κ2) is 8.82. The van der Waals surface area contributed by atoms with Gasteiger partial charge < -0.3 is 15.4 Å². The third-order valence-electron chi connectivity index (χ3n) is 5.54. The predicted octanol–water partition coefficient (Wildman–Crippen LogP) is 4.80. The molecule has 0 bridgehead atoms. The summed E-state index contributed by atoms with van der Waals surface area (Å²) in [6, 6.07) is 17.2. The maximum Gasteiger partial charge on any atom is 0.0682 e. The van der Waals surface area contributed by atoms with Gasteiger partial charge in [0, 0.05) is 36.1 Å². The molecule has 2 aromatic carbocycles. The molecule has 0 aliphatic carbocycles. The molecule has 3 N–H and O–H groups in total. The minimum absolute atomic E-state index is 0.0660. The van der Waals surface area contributed by atoms with Gasteiger partial charge in [0.05, 0.1) is 6.61 Å². The number of aromatic nitrogens is 1. The monoisotopic (exact) mass is 390 g/mol. The fourth-order valence-corrected chi connectivity index (χ4v) is 4.25. The number of nitrogens with one attached hydrogen (secondary N) is 2. The summed E-state index contributed by atoms with van der Waals surface area (Å²) in [5, 5.41) is 14.1. The average Bonchev–Trinajstić information content (AvgIpc) is 3.15. The zero-order valence-electron chi connectivity index (χ0n) is 15.9. The van der Waals surface area contributed by atoms with Crippen molar-refractivity contribution in [3.8, 4) is 0 Å². The Bertz CT molecular complexity index is 990. The largest absolute Gasteiger partial charge is 0.392 e. The van der Waals surface area contributed by atoms with E-state index in [1.807, 2.05) is 18.3 Å². The lowest BCUT2D eigenvalue weighted by Gasteiger charge is -2.24. The number of benzene rings is 2. The Morgan fingerprint density at radius 1 is 1.14 bits per heavy atom. The summed E-state index contributed by atoms with van der Waals surface area (Å²) in [5.74, 6) is 0. The van der Waals surface area contributed by atoms with E-state index in [2.05, 4.69) is 52.8 Å². The Labute approximate surface area is 171 Å². The molecule has 0 saturated heterocycles. The van der Waals surface area contributed by atoms with Crippen LogP contribution in [-0.2, 0) is 13.0 Å². The van der Waals surface area contributed by atoms with Gasteiger partial charge in [0.15, 0.2) is 0 Å². The molecule has 1 aliphatic heterocycles. The van der Waals surface area contributed by atoms with Gasteiger partial charge in [-0.2, -0.15) is 0 Å². The molecule has 1 aromatic heterocycles. The summed E-state index contributed by atoms with van der Waals surface area (Å²) in [6.45, 7) is 0.994. The minimum atomic E-state index is 0.0660. The number of aliphatic hydroxyl groups is 1. The molecule has 28 heavy (non-hydrogen) atoms. The number of rotatable bonds is 7. The second-order valence-corrected chi connectivity index (χ2v) is 8.09. The molecule has 3 aromatic rings. The van der Waals surface area contributed by atoms with Gasteiger partial charge in [-0.05, 0) is 52.5 Å². The molecule has 4 rings (SSSR count). The van der Waals surface area contributed by atoms with Crippen LogP contribution in [0, 0.1) is 0 Å². The molecule has 1 aliphatic rings. The summed E-state index contributed by atoms with van der Waals surface area (Å²) in [6.07, 6.45) is 8.26. The standard InChI is InChI=1S/C24H26N2OS/c27-16-17-6-9-23-20(15-26-24(23)12-17)14-22(28)8-7-21-13-19(10-11-25-21)18-4-2-1-3-5-18/h1-6,9-10,12,15,21,25-27H,7-8,11,13-14,16H2. The van der Waals surface area contributed by atoms with E-state index in [9.17, 15) is 5.11 Å². The van der Waals surface area contributed by atoms with Crippen molar-refractivity contribution in [1.82, 2.24) is 10.3 Å². The maximum absolute atomic E-state index is 9.29. The van der Waals surface area contributed by atoms with E-state index >= 15 is 0 Å². The van der Waals surface area contributed by atoms with E-state index in [-0.39, 0.29) is 6.61 Å². The quantitative estimate of drug-likeness (QED) is 0.508. The molecule has 4 heteroatoms. The van der Waals surface area contributed by atoms with Crippen molar-refractivity contribution in [1.29, 1.82) is 0 Å². The van der Waals surface area contributed by atoms with Gasteiger partial charge in [-0.15, -0.1) is 0 Å². The predicted molar refractivity (Wildman–Crippen MR) is 121 cm³/mol. The summed E-state index contributed by atoms with van der Waals surface area (Å²) in [5.41, 5.74) is 6.00. The molecular weight excluding hydrogens is 364 g/mol. The van der Waals surface area contributed by atoms with Crippen molar-refractivity contribution in [2.45, 2.75) is 38.3 Å². The van der Waals surface area contributed by atoms with Gasteiger partial charge in [0.2, 0.25) is 0 Å². The van der Waals surface area contributed by atoms with E-state index in [1.165, 1.54) is 22.1 Å². The highest BCUT2D eigenvalue weighted by Gasteiger charge is 2.17. The van der Waals surface area contributed by atoms with Crippen molar-refractivity contribution in [2.75, 3.05) is 6.54 Å². The highest BCUT2D eigenvalue weighted by atomic mass is 32.1. The number of thiocarbonyl (C=S) groups is 1. The van der Waals surface area contributed by atoms with Gasteiger partial charge in [-0.1, -0.05) is 60.8 Å². The zero-order chi connectivity index (χ0) is 19.3. The van der Waals surface area contributed by atoms with Gasteiger partial charge in [-0.3, -0.25) is 0 Å². The highest BCUT2D eigenvalue weighted by molar-refractivity contribution is 7.80. The van der Waals surface area contributed by atoms with Crippen LogP contribution in [0.1, 0.15) is 36.0 Å². The Morgan fingerprint density at radius 3 is 2.82 bits per heavy atom. The first-order valence-electron chi connectivity index (χ1n) is 9.92. The van der Waals surface area contributed by atoms with Crippen LogP contribution in [0.25, 0.3) is 16.5 Å². The second-order valence-electron chi connectivity index (χ2n) is 7.51. The van der Waals surface area contributed by atoms with Crippen LogP contribution in [0.3, 0.4) is 0 Å².